The van der Waals surface area contributed by atoms with Crippen molar-refractivity contribution in [3.8, 4) is 11.6 Å². The molecule has 0 aliphatic rings. The van der Waals surface area contributed by atoms with E-state index in [2.05, 4.69) is 38.6 Å². The van der Waals surface area contributed by atoms with Gasteiger partial charge in [0.05, 0.1) is 13.1 Å². The number of rotatable bonds is 8. The number of nitrogens with zero attached hydrogens (tertiary/aromatic N) is 4. The molecule has 158 valence electrons. The first kappa shape index (κ1) is 21.4. The molecule has 1 atom stereocenters. The third-order valence-electron chi connectivity index (χ3n) is 4.62. The molecule has 0 bridgehead atoms. The predicted octanol–water partition coefficient (Wildman–Crippen LogP) is 3.41. The average molecular weight is 407 g/mol. The van der Waals surface area contributed by atoms with E-state index < -0.39 is 0 Å². The van der Waals surface area contributed by atoms with Gasteiger partial charge < -0.3 is 15.4 Å². The van der Waals surface area contributed by atoms with Crippen LogP contribution >= 0.6 is 0 Å². The van der Waals surface area contributed by atoms with E-state index in [9.17, 15) is 0 Å². The summed E-state index contributed by atoms with van der Waals surface area (Å²) in [4.78, 5) is 13.4. The molecule has 7 heteroatoms. The quantitative estimate of drug-likeness (QED) is 0.443. The van der Waals surface area contributed by atoms with Gasteiger partial charge in [0, 0.05) is 25.1 Å². The monoisotopic (exact) mass is 406 g/mol. The van der Waals surface area contributed by atoms with Crippen LogP contribution in [0.5, 0.6) is 5.75 Å². The molecule has 2 heterocycles. The maximum absolute atomic E-state index is 6.03. The van der Waals surface area contributed by atoms with Gasteiger partial charge in [0.1, 0.15) is 23.5 Å². The van der Waals surface area contributed by atoms with Crippen LogP contribution < -0.4 is 15.4 Å². The van der Waals surface area contributed by atoms with Crippen LogP contribution in [0, 0.1) is 13.8 Å². The van der Waals surface area contributed by atoms with Gasteiger partial charge in [-0.2, -0.15) is 0 Å². The van der Waals surface area contributed by atoms with Gasteiger partial charge in [-0.05, 0) is 51.0 Å². The molecule has 2 aromatic heterocycles. The second kappa shape index (κ2) is 10.4. The molecule has 1 unspecified atom stereocenters. The lowest BCUT2D eigenvalue weighted by atomic mass is 10.2. The smallest absolute Gasteiger partial charge is 0.191 e. The minimum absolute atomic E-state index is 0.00864. The molecule has 0 aliphatic heterocycles. The maximum Gasteiger partial charge on any atom is 0.191 e. The Morgan fingerprint density at radius 3 is 2.63 bits per heavy atom. The summed E-state index contributed by atoms with van der Waals surface area (Å²) >= 11 is 0. The molecule has 0 aliphatic carbocycles. The predicted molar refractivity (Wildman–Crippen MR) is 120 cm³/mol. The van der Waals surface area contributed by atoms with E-state index >= 15 is 0 Å². The number of aryl methyl sites for hydroxylation is 2. The number of hydrogen-bond donors (Lipinski definition) is 2. The second-order valence-corrected chi connectivity index (χ2v) is 7.14. The number of nitrogens with one attached hydrogen (secondary N) is 2. The number of benzene rings is 1. The fourth-order valence-electron chi connectivity index (χ4n) is 2.97. The Balaban J connectivity index is 1.56. The zero-order valence-corrected chi connectivity index (χ0v) is 18.1. The van der Waals surface area contributed by atoms with E-state index in [0.29, 0.717) is 13.1 Å². The Kier molecular flexibility index (Phi) is 7.43. The van der Waals surface area contributed by atoms with E-state index in [-0.39, 0.29) is 6.10 Å². The molecule has 7 nitrogen and oxygen atoms in total. The highest BCUT2D eigenvalue weighted by atomic mass is 16.5. The first-order valence-corrected chi connectivity index (χ1v) is 10.3. The fourth-order valence-corrected chi connectivity index (χ4v) is 2.97. The summed E-state index contributed by atoms with van der Waals surface area (Å²) in [5.74, 6) is 3.43. The summed E-state index contributed by atoms with van der Waals surface area (Å²) in [5.41, 5.74) is 2.17. The van der Waals surface area contributed by atoms with Gasteiger partial charge in [-0.25, -0.2) is 15.0 Å². The number of ether oxygens (including phenoxy) is 1. The zero-order valence-electron chi connectivity index (χ0n) is 18.1. The van der Waals surface area contributed by atoms with Gasteiger partial charge in [0.2, 0.25) is 0 Å². The third kappa shape index (κ3) is 5.83. The molecular formula is C23H30N6O. The van der Waals surface area contributed by atoms with Crippen molar-refractivity contribution < 1.29 is 4.74 Å². The van der Waals surface area contributed by atoms with Crippen LogP contribution in [-0.4, -0.2) is 39.7 Å². The number of hydrogen-bond acceptors (Lipinski definition) is 4. The number of guanidine groups is 1. The van der Waals surface area contributed by atoms with Crippen molar-refractivity contribution in [2.45, 2.75) is 40.3 Å². The van der Waals surface area contributed by atoms with Crippen LogP contribution in [0.2, 0.25) is 0 Å². The molecule has 2 N–H and O–H groups in total. The van der Waals surface area contributed by atoms with Crippen molar-refractivity contribution in [2.24, 2.45) is 4.99 Å². The summed E-state index contributed by atoms with van der Waals surface area (Å²) in [5, 5.41) is 6.63. The Morgan fingerprint density at radius 2 is 1.97 bits per heavy atom. The van der Waals surface area contributed by atoms with Gasteiger partial charge in [0.15, 0.2) is 5.96 Å². The molecule has 0 saturated heterocycles. The first-order valence-electron chi connectivity index (χ1n) is 10.3. The highest BCUT2D eigenvalue weighted by Gasteiger charge is 2.08. The molecule has 30 heavy (non-hydrogen) atoms. The average Bonchev–Trinajstić information content (AvgIpc) is 3.18. The highest BCUT2D eigenvalue weighted by Crippen LogP contribution is 2.17. The molecule has 3 rings (SSSR count). The summed E-state index contributed by atoms with van der Waals surface area (Å²) in [6.45, 7) is 10.1. The van der Waals surface area contributed by atoms with Gasteiger partial charge in [-0.1, -0.05) is 24.3 Å². The number of para-hydroxylation sites is 1. The largest absolute Gasteiger partial charge is 0.489 e. The van der Waals surface area contributed by atoms with Crippen LogP contribution in [0.25, 0.3) is 5.82 Å². The molecule has 0 saturated carbocycles. The fraction of sp³-hybridized carbons (Fsp3) is 0.348. The minimum atomic E-state index is 0.00864. The Bertz CT molecular complexity index is 964. The van der Waals surface area contributed by atoms with Crippen LogP contribution in [0.4, 0.5) is 0 Å². The molecule has 0 fully saturated rings. The van der Waals surface area contributed by atoms with Crippen molar-refractivity contribution >= 4 is 5.96 Å². The Morgan fingerprint density at radius 1 is 1.13 bits per heavy atom. The third-order valence-corrected chi connectivity index (χ3v) is 4.62. The van der Waals surface area contributed by atoms with Gasteiger partial charge in [-0.15, -0.1) is 0 Å². The van der Waals surface area contributed by atoms with Crippen molar-refractivity contribution in [2.75, 3.05) is 13.1 Å². The summed E-state index contributed by atoms with van der Waals surface area (Å²) in [6, 6.07) is 12.1. The standard InChI is InChI=1S/C23H30N6O/c1-5-24-23(27-14-18(3)30-21-9-7-6-8-17(21)2)28-16-20-10-11-22(26-15-20)29-13-12-25-19(29)4/h6-13,15,18H,5,14,16H2,1-4H3,(H2,24,27,28). The molecule has 3 aromatic rings. The lowest BCUT2D eigenvalue weighted by Gasteiger charge is -2.18. The van der Waals surface area contributed by atoms with Crippen molar-refractivity contribution in [1.82, 2.24) is 25.2 Å². The van der Waals surface area contributed by atoms with Crippen LogP contribution in [-0.2, 0) is 6.54 Å². The minimum Gasteiger partial charge on any atom is -0.489 e. The molecular weight excluding hydrogens is 376 g/mol. The number of imidazole rings is 1. The lowest BCUT2D eigenvalue weighted by Crippen LogP contribution is -2.41. The van der Waals surface area contributed by atoms with Gasteiger partial charge in [0.25, 0.3) is 0 Å². The van der Waals surface area contributed by atoms with E-state index in [1.54, 1.807) is 6.20 Å². The SMILES string of the molecule is CCNC(=NCc1ccc(-n2ccnc2C)nc1)NCC(C)Oc1ccccc1C. The molecule has 1 aromatic carbocycles. The van der Waals surface area contributed by atoms with Crippen LogP contribution in [0.15, 0.2) is 60.0 Å². The van der Waals surface area contributed by atoms with Crippen molar-refractivity contribution in [1.29, 1.82) is 0 Å². The summed E-state index contributed by atoms with van der Waals surface area (Å²) in [7, 11) is 0. The van der Waals surface area contributed by atoms with Gasteiger partial charge >= 0.3 is 0 Å². The summed E-state index contributed by atoms with van der Waals surface area (Å²) < 4.78 is 7.98. The molecule has 0 spiro atoms. The molecule has 0 amide bonds. The second-order valence-electron chi connectivity index (χ2n) is 7.14. The Labute approximate surface area is 178 Å². The highest BCUT2D eigenvalue weighted by molar-refractivity contribution is 5.79. The molecule has 0 radical (unpaired) electrons. The normalized spacial score (nSPS) is 12.5. The van der Waals surface area contributed by atoms with E-state index in [1.807, 2.05) is 68.1 Å². The van der Waals surface area contributed by atoms with Crippen molar-refractivity contribution in [3.05, 3.63) is 71.9 Å². The van der Waals surface area contributed by atoms with E-state index in [0.717, 1.165) is 41.0 Å². The lowest BCUT2D eigenvalue weighted by molar-refractivity contribution is 0.222. The topological polar surface area (TPSA) is 76.4 Å². The van der Waals surface area contributed by atoms with Crippen LogP contribution in [0.3, 0.4) is 0 Å². The van der Waals surface area contributed by atoms with Crippen LogP contribution in [0.1, 0.15) is 30.8 Å². The van der Waals surface area contributed by atoms with E-state index in [1.165, 1.54) is 0 Å². The van der Waals surface area contributed by atoms with Gasteiger partial charge in [-0.3, -0.25) is 4.57 Å². The number of aromatic nitrogens is 3. The van der Waals surface area contributed by atoms with E-state index in [4.69, 9.17) is 4.74 Å². The number of aliphatic imine (C=N–C) groups is 1. The number of pyridine rings is 1. The first-order chi connectivity index (χ1) is 14.6. The van der Waals surface area contributed by atoms with Crippen molar-refractivity contribution in [3.63, 3.8) is 0 Å². The summed E-state index contributed by atoms with van der Waals surface area (Å²) in [6.07, 6.45) is 5.54. The Hall–Kier alpha value is -3.35. The maximum atomic E-state index is 6.03. The zero-order chi connectivity index (χ0) is 21.3.